The largest absolute Gasteiger partial charge is 0.573 e. The molecule has 0 bridgehead atoms. The molecule has 0 spiro atoms. The van der Waals surface area contributed by atoms with Gasteiger partial charge in [0.2, 0.25) is 0 Å². The Morgan fingerprint density at radius 1 is 1.10 bits per heavy atom. The molecule has 0 aromatic heterocycles. The van der Waals surface area contributed by atoms with Crippen LogP contribution in [0.2, 0.25) is 5.02 Å². The lowest BCUT2D eigenvalue weighted by Gasteiger charge is -2.14. The summed E-state index contributed by atoms with van der Waals surface area (Å²) in [4.78, 5) is 0. The lowest BCUT2D eigenvalue weighted by atomic mass is 10.0. The predicted octanol–water partition coefficient (Wildman–Crippen LogP) is 4.89. The molecule has 102 valence electrons. The SMILES string of the molecule is C#Cc1ccc(OC(F)(F)F)c(-c2cccc(Cl)c2)c1. The molecule has 0 saturated carbocycles. The molecule has 0 atom stereocenters. The van der Waals surface area contributed by atoms with Gasteiger partial charge in [-0.2, -0.15) is 0 Å². The topological polar surface area (TPSA) is 9.23 Å². The Hall–Kier alpha value is -2.12. The Balaban J connectivity index is 2.56. The third-order valence-corrected chi connectivity index (χ3v) is 2.74. The van der Waals surface area contributed by atoms with Crippen molar-refractivity contribution in [3.05, 3.63) is 53.1 Å². The molecule has 0 aliphatic heterocycles. The molecule has 2 aromatic carbocycles. The zero-order valence-electron chi connectivity index (χ0n) is 10.0. The van der Waals surface area contributed by atoms with Crippen LogP contribution in [-0.2, 0) is 0 Å². The summed E-state index contributed by atoms with van der Waals surface area (Å²) in [6.45, 7) is 0. The molecule has 2 aromatic rings. The second-order valence-electron chi connectivity index (χ2n) is 3.91. The van der Waals surface area contributed by atoms with Crippen molar-refractivity contribution in [1.82, 2.24) is 0 Å². The van der Waals surface area contributed by atoms with Gasteiger partial charge in [0.15, 0.2) is 0 Å². The molecular weight excluding hydrogens is 289 g/mol. The Bertz CT molecular complexity index is 672. The maximum absolute atomic E-state index is 12.4. The van der Waals surface area contributed by atoms with Crippen LogP contribution in [0.25, 0.3) is 11.1 Å². The van der Waals surface area contributed by atoms with Gasteiger partial charge < -0.3 is 4.74 Å². The zero-order valence-corrected chi connectivity index (χ0v) is 10.8. The fourth-order valence-electron chi connectivity index (χ4n) is 1.72. The molecule has 5 heteroatoms. The highest BCUT2D eigenvalue weighted by Gasteiger charge is 2.32. The van der Waals surface area contributed by atoms with Crippen molar-refractivity contribution in [3.8, 4) is 29.2 Å². The molecule has 1 nitrogen and oxygen atoms in total. The lowest BCUT2D eigenvalue weighted by Crippen LogP contribution is -2.17. The molecule has 0 unspecified atom stereocenters. The van der Waals surface area contributed by atoms with Crippen molar-refractivity contribution in [1.29, 1.82) is 0 Å². The zero-order chi connectivity index (χ0) is 14.8. The number of rotatable bonds is 2. The first-order chi connectivity index (χ1) is 9.39. The van der Waals surface area contributed by atoms with Crippen LogP contribution in [-0.4, -0.2) is 6.36 Å². The second-order valence-corrected chi connectivity index (χ2v) is 4.35. The Morgan fingerprint density at radius 3 is 2.45 bits per heavy atom. The molecule has 2 rings (SSSR count). The fraction of sp³-hybridized carbons (Fsp3) is 0.0667. The van der Waals surface area contributed by atoms with Crippen molar-refractivity contribution >= 4 is 11.6 Å². The summed E-state index contributed by atoms with van der Waals surface area (Å²) in [6.07, 6.45) is 0.492. The van der Waals surface area contributed by atoms with E-state index in [0.717, 1.165) is 0 Å². The van der Waals surface area contributed by atoms with Crippen molar-refractivity contribution in [3.63, 3.8) is 0 Å². The molecule has 20 heavy (non-hydrogen) atoms. The molecule has 0 fully saturated rings. The van der Waals surface area contributed by atoms with Gasteiger partial charge in [0, 0.05) is 16.1 Å². The molecular formula is C15H8ClF3O. The minimum absolute atomic E-state index is 0.236. The number of hydrogen-bond donors (Lipinski definition) is 0. The predicted molar refractivity (Wildman–Crippen MR) is 71.5 cm³/mol. The molecule has 0 aliphatic rings. The first-order valence-corrected chi connectivity index (χ1v) is 5.89. The number of hydrogen-bond acceptors (Lipinski definition) is 1. The van der Waals surface area contributed by atoms with Gasteiger partial charge >= 0.3 is 6.36 Å². The Morgan fingerprint density at radius 2 is 1.85 bits per heavy atom. The first kappa shape index (κ1) is 14.3. The smallest absolute Gasteiger partial charge is 0.405 e. The summed E-state index contributed by atoms with van der Waals surface area (Å²) in [5.74, 6) is 2.05. The van der Waals surface area contributed by atoms with Gasteiger partial charge in [0.1, 0.15) is 5.75 Å². The third-order valence-electron chi connectivity index (χ3n) is 2.51. The van der Waals surface area contributed by atoms with Crippen LogP contribution < -0.4 is 4.74 Å². The summed E-state index contributed by atoms with van der Waals surface area (Å²) in [6, 6.07) is 10.5. The average Bonchev–Trinajstić information content (AvgIpc) is 2.37. The fourth-order valence-corrected chi connectivity index (χ4v) is 1.91. The number of terminal acetylenes is 1. The lowest BCUT2D eigenvalue weighted by molar-refractivity contribution is -0.274. The van der Waals surface area contributed by atoms with Crippen LogP contribution in [0.3, 0.4) is 0 Å². The second kappa shape index (κ2) is 5.48. The van der Waals surface area contributed by atoms with E-state index in [1.54, 1.807) is 24.3 Å². The Kier molecular flexibility index (Phi) is 3.91. The molecule has 0 aliphatic carbocycles. The third kappa shape index (κ3) is 3.46. The number of alkyl halides is 3. The van der Waals surface area contributed by atoms with Gasteiger partial charge in [0.25, 0.3) is 0 Å². The maximum atomic E-state index is 12.4. The molecule has 0 N–H and O–H groups in total. The van der Waals surface area contributed by atoms with E-state index in [4.69, 9.17) is 18.0 Å². The molecule has 0 heterocycles. The van der Waals surface area contributed by atoms with Crippen LogP contribution >= 0.6 is 11.6 Å². The Labute approximate surface area is 118 Å². The van der Waals surface area contributed by atoms with Crippen molar-refractivity contribution < 1.29 is 17.9 Å². The highest BCUT2D eigenvalue weighted by atomic mass is 35.5. The number of halogens is 4. The number of ether oxygens (including phenoxy) is 1. The van der Waals surface area contributed by atoms with Gasteiger partial charge in [-0.25, -0.2) is 0 Å². The summed E-state index contributed by atoms with van der Waals surface area (Å²) < 4.78 is 41.2. The first-order valence-electron chi connectivity index (χ1n) is 5.51. The number of benzene rings is 2. The van der Waals surface area contributed by atoms with Gasteiger partial charge in [0.05, 0.1) is 0 Å². The normalized spacial score (nSPS) is 10.9. The van der Waals surface area contributed by atoms with Crippen LogP contribution in [0.5, 0.6) is 5.75 Å². The summed E-state index contributed by atoms with van der Waals surface area (Å²) in [5.41, 5.74) is 1.18. The quantitative estimate of drug-likeness (QED) is 0.717. The van der Waals surface area contributed by atoms with E-state index in [1.165, 1.54) is 18.2 Å². The van der Waals surface area contributed by atoms with Crippen molar-refractivity contribution in [2.75, 3.05) is 0 Å². The van der Waals surface area contributed by atoms with Crippen molar-refractivity contribution in [2.45, 2.75) is 6.36 Å². The van der Waals surface area contributed by atoms with Crippen LogP contribution in [0.4, 0.5) is 13.2 Å². The highest BCUT2D eigenvalue weighted by molar-refractivity contribution is 6.30. The van der Waals surface area contributed by atoms with Crippen LogP contribution in [0.1, 0.15) is 5.56 Å². The van der Waals surface area contributed by atoms with Crippen molar-refractivity contribution in [2.24, 2.45) is 0 Å². The van der Waals surface area contributed by atoms with Gasteiger partial charge in [-0.1, -0.05) is 29.7 Å². The van der Waals surface area contributed by atoms with Gasteiger partial charge in [-0.3, -0.25) is 0 Å². The van der Waals surface area contributed by atoms with Crippen LogP contribution in [0.15, 0.2) is 42.5 Å². The van der Waals surface area contributed by atoms with Gasteiger partial charge in [-0.15, -0.1) is 19.6 Å². The minimum Gasteiger partial charge on any atom is -0.405 e. The molecule has 0 saturated heterocycles. The van der Waals surface area contributed by atoms with Gasteiger partial charge in [-0.05, 0) is 35.9 Å². The van der Waals surface area contributed by atoms with E-state index in [1.807, 2.05) is 0 Å². The van der Waals surface area contributed by atoms with E-state index in [-0.39, 0.29) is 11.3 Å². The minimum atomic E-state index is -4.77. The van der Waals surface area contributed by atoms with E-state index in [0.29, 0.717) is 16.1 Å². The summed E-state index contributed by atoms with van der Waals surface area (Å²) >= 11 is 5.85. The van der Waals surface area contributed by atoms with E-state index >= 15 is 0 Å². The monoisotopic (exact) mass is 296 g/mol. The molecule has 0 amide bonds. The standard InChI is InChI=1S/C15H8ClF3O/c1-2-10-6-7-14(20-15(17,18)19)13(8-10)11-4-3-5-12(16)9-11/h1,3-9H. The average molecular weight is 297 g/mol. The van der Waals surface area contributed by atoms with E-state index < -0.39 is 6.36 Å². The maximum Gasteiger partial charge on any atom is 0.573 e. The summed E-state index contributed by atoms with van der Waals surface area (Å²) in [5, 5.41) is 0.409. The van der Waals surface area contributed by atoms with Crippen LogP contribution in [0, 0.1) is 12.3 Å². The highest BCUT2D eigenvalue weighted by Crippen LogP contribution is 2.35. The van der Waals surface area contributed by atoms with E-state index in [9.17, 15) is 13.2 Å². The summed E-state index contributed by atoms with van der Waals surface area (Å²) in [7, 11) is 0. The molecule has 0 radical (unpaired) electrons. The van der Waals surface area contributed by atoms with E-state index in [2.05, 4.69) is 10.7 Å².